The minimum Gasteiger partial charge on any atom is -0.507 e. The molecule has 0 aromatic heterocycles. The first kappa shape index (κ1) is 22.4. The van der Waals surface area contributed by atoms with Gasteiger partial charge in [0.25, 0.3) is 11.7 Å². The van der Waals surface area contributed by atoms with Gasteiger partial charge in [0.05, 0.1) is 18.7 Å². The van der Waals surface area contributed by atoms with E-state index >= 15 is 0 Å². The molecule has 1 aliphatic rings. The molecule has 4 aromatic carbocycles. The van der Waals surface area contributed by atoms with E-state index in [0.717, 1.165) is 27.5 Å². The van der Waals surface area contributed by atoms with Crippen molar-refractivity contribution in [1.82, 2.24) is 4.90 Å². The molecule has 1 heterocycles. The number of ketones is 1. The second-order valence-corrected chi connectivity index (χ2v) is 8.72. The standard InChI is InChI=1S/C30H25NO4/c1-19-7-5-10-22(17-19)27-26(28(32)25-12-6-9-21-8-3-4-11-24(21)25)29(33)30(34)31(27)18-20-13-15-23(35-2)16-14-20/h3-17,27,32H,18H2,1-2H3/b28-26-. The number of hydrogen-bond acceptors (Lipinski definition) is 4. The first-order chi connectivity index (χ1) is 17.0. The van der Waals surface area contributed by atoms with Crippen molar-refractivity contribution < 1.29 is 19.4 Å². The van der Waals surface area contributed by atoms with Crippen LogP contribution in [0.3, 0.4) is 0 Å². The topological polar surface area (TPSA) is 66.8 Å². The van der Waals surface area contributed by atoms with E-state index in [1.165, 1.54) is 4.90 Å². The van der Waals surface area contributed by atoms with Crippen molar-refractivity contribution in [2.75, 3.05) is 7.11 Å². The van der Waals surface area contributed by atoms with E-state index in [2.05, 4.69) is 0 Å². The van der Waals surface area contributed by atoms with Gasteiger partial charge in [-0.25, -0.2) is 0 Å². The molecule has 1 aliphatic heterocycles. The fourth-order valence-electron chi connectivity index (χ4n) is 4.73. The minimum absolute atomic E-state index is 0.102. The summed E-state index contributed by atoms with van der Waals surface area (Å²) in [6, 6.07) is 27.6. The Hall–Kier alpha value is -4.38. The molecule has 0 radical (unpaired) electrons. The van der Waals surface area contributed by atoms with Crippen LogP contribution >= 0.6 is 0 Å². The van der Waals surface area contributed by atoms with Gasteiger partial charge in [-0.3, -0.25) is 9.59 Å². The van der Waals surface area contributed by atoms with Crippen molar-refractivity contribution in [3.05, 3.63) is 119 Å². The van der Waals surface area contributed by atoms with Crippen LogP contribution in [0.5, 0.6) is 5.75 Å². The van der Waals surface area contributed by atoms with E-state index < -0.39 is 17.7 Å². The molecular formula is C30H25NO4. The van der Waals surface area contributed by atoms with Crippen LogP contribution in [0.1, 0.15) is 28.3 Å². The zero-order chi connectivity index (χ0) is 24.5. The predicted octanol–water partition coefficient (Wildman–Crippen LogP) is 5.78. The fraction of sp³-hybridized carbons (Fsp3) is 0.133. The summed E-state index contributed by atoms with van der Waals surface area (Å²) >= 11 is 0. The maximum atomic E-state index is 13.4. The number of nitrogens with zero attached hydrogens (tertiary/aromatic N) is 1. The number of Topliss-reactive ketones (excluding diaryl/α,β-unsaturated/α-hetero) is 1. The maximum Gasteiger partial charge on any atom is 0.295 e. The number of benzene rings is 4. The van der Waals surface area contributed by atoms with Crippen LogP contribution in [0.25, 0.3) is 16.5 Å². The Bertz CT molecular complexity index is 1460. The number of amides is 1. The van der Waals surface area contributed by atoms with Gasteiger partial charge in [0.15, 0.2) is 0 Å². The van der Waals surface area contributed by atoms with Gasteiger partial charge in [0.1, 0.15) is 11.5 Å². The number of fused-ring (bicyclic) bond motifs is 1. The third-order valence-electron chi connectivity index (χ3n) is 6.45. The summed E-state index contributed by atoms with van der Waals surface area (Å²) in [6.45, 7) is 2.18. The van der Waals surface area contributed by atoms with Gasteiger partial charge in [0, 0.05) is 12.1 Å². The third-order valence-corrected chi connectivity index (χ3v) is 6.45. The number of methoxy groups -OCH3 is 1. The molecule has 1 saturated heterocycles. The highest BCUT2D eigenvalue weighted by Crippen LogP contribution is 2.41. The van der Waals surface area contributed by atoms with Gasteiger partial charge in [0.2, 0.25) is 0 Å². The molecule has 0 saturated carbocycles. The second kappa shape index (κ2) is 9.11. The van der Waals surface area contributed by atoms with Gasteiger partial charge >= 0.3 is 0 Å². The molecule has 35 heavy (non-hydrogen) atoms. The summed E-state index contributed by atoms with van der Waals surface area (Å²) in [5.74, 6) is -0.768. The number of carbonyl (C=O) groups is 2. The monoisotopic (exact) mass is 463 g/mol. The molecule has 5 nitrogen and oxygen atoms in total. The summed E-state index contributed by atoms with van der Waals surface area (Å²) in [5, 5.41) is 13.3. The number of aliphatic hydroxyl groups excluding tert-OH is 1. The van der Waals surface area contributed by atoms with E-state index in [9.17, 15) is 14.7 Å². The van der Waals surface area contributed by atoms with Crippen LogP contribution in [0.4, 0.5) is 0 Å². The fourth-order valence-corrected chi connectivity index (χ4v) is 4.73. The Morgan fingerprint density at radius 1 is 0.914 bits per heavy atom. The molecule has 5 rings (SSSR count). The van der Waals surface area contributed by atoms with E-state index in [4.69, 9.17) is 4.74 Å². The largest absolute Gasteiger partial charge is 0.507 e. The zero-order valence-corrected chi connectivity index (χ0v) is 19.6. The van der Waals surface area contributed by atoms with Crippen LogP contribution in [0.15, 0.2) is 96.6 Å². The number of ether oxygens (including phenoxy) is 1. The highest BCUT2D eigenvalue weighted by molar-refractivity contribution is 6.46. The Morgan fingerprint density at radius 2 is 1.63 bits per heavy atom. The smallest absolute Gasteiger partial charge is 0.295 e. The number of hydrogen-bond donors (Lipinski definition) is 1. The first-order valence-corrected chi connectivity index (χ1v) is 11.4. The number of rotatable bonds is 5. The van der Waals surface area contributed by atoms with Crippen LogP contribution in [0, 0.1) is 6.92 Å². The van der Waals surface area contributed by atoms with Crippen LogP contribution in [0.2, 0.25) is 0 Å². The lowest BCUT2D eigenvalue weighted by Gasteiger charge is -2.26. The number of carbonyl (C=O) groups excluding carboxylic acids is 2. The minimum atomic E-state index is -0.712. The molecule has 0 bridgehead atoms. The summed E-state index contributed by atoms with van der Waals surface area (Å²) in [7, 11) is 1.60. The normalized spacial score (nSPS) is 17.2. The first-order valence-electron chi connectivity index (χ1n) is 11.4. The third kappa shape index (κ3) is 4.06. The highest BCUT2D eigenvalue weighted by Gasteiger charge is 2.46. The van der Waals surface area contributed by atoms with Crippen molar-refractivity contribution in [3.8, 4) is 5.75 Å². The quantitative estimate of drug-likeness (QED) is 0.232. The molecule has 4 aromatic rings. The van der Waals surface area contributed by atoms with E-state index in [0.29, 0.717) is 11.3 Å². The van der Waals surface area contributed by atoms with Crippen LogP contribution in [-0.2, 0) is 16.1 Å². The van der Waals surface area contributed by atoms with Crippen LogP contribution < -0.4 is 4.74 Å². The van der Waals surface area contributed by atoms with Gasteiger partial charge in [-0.2, -0.15) is 0 Å². The molecule has 0 aliphatic carbocycles. The SMILES string of the molecule is COc1ccc(CN2C(=O)C(=O)/C(=C(\O)c3cccc4ccccc34)C2c2cccc(C)c2)cc1. The Balaban J connectivity index is 1.68. The van der Waals surface area contributed by atoms with E-state index in [1.54, 1.807) is 13.2 Å². The molecule has 174 valence electrons. The highest BCUT2D eigenvalue weighted by atomic mass is 16.5. The second-order valence-electron chi connectivity index (χ2n) is 8.72. The lowest BCUT2D eigenvalue weighted by Crippen LogP contribution is -2.29. The molecule has 1 unspecified atom stereocenters. The number of aryl methyl sites for hydroxylation is 1. The lowest BCUT2D eigenvalue weighted by atomic mass is 9.92. The van der Waals surface area contributed by atoms with Gasteiger partial charge in [-0.1, -0.05) is 84.4 Å². The van der Waals surface area contributed by atoms with E-state index in [-0.39, 0.29) is 17.9 Å². The summed E-state index contributed by atoms with van der Waals surface area (Å²) < 4.78 is 5.24. The number of aliphatic hydroxyl groups is 1. The summed E-state index contributed by atoms with van der Waals surface area (Å²) in [5.41, 5.74) is 3.27. The Kier molecular flexibility index (Phi) is 5.83. The zero-order valence-electron chi connectivity index (χ0n) is 19.6. The van der Waals surface area contributed by atoms with Crippen molar-refractivity contribution >= 4 is 28.2 Å². The molecule has 0 spiro atoms. The average Bonchev–Trinajstić information content (AvgIpc) is 3.13. The van der Waals surface area contributed by atoms with Crippen LogP contribution in [-0.4, -0.2) is 28.8 Å². The molecule has 5 heteroatoms. The van der Waals surface area contributed by atoms with Crippen molar-refractivity contribution in [2.24, 2.45) is 0 Å². The van der Waals surface area contributed by atoms with Gasteiger partial charge < -0.3 is 14.7 Å². The lowest BCUT2D eigenvalue weighted by molar-refractivity contribution is -0.140. The Morgan fingerprint density at radius 3 is 2.37 bits per heavy atom. The average molecular weight is 464 g/mol. The van der Waals surface area contributed by atoms with Crippen molar-refractivity contribution in [1.29, 1.82) is 0 Å². The van der Waals surface area contributed by atoms with Gasteiger partial charge in [-0.15, -0.1) is 0 Å². The van der Waals surface area contributed by atoms with Crippen molar-refractivity contribution in [2.45, 2.75) is 19.5 Å². The summed E-state index contributed by atoms with van der Waals surface area (Å²) in [6.07, 6.45) is 0. The van der Waals surface area contributed by atoms with Crippen molar-refractivity contribution in [3.63, 3.8) is 0 Å². The molecule has 1 N–H and O–H groups in total. The van der Waals surface area contributed by atoms with Gasteiger partial charge in [-0.05, 0) is 41.0 Å². The number of likely N-dealkylation sites (tertiary alicyclic amines) is 1. The molecule has 1 amide bonds. The molecule has 1 atom stereocenters. The molecule has 1 fully saturated rings. The van der Waals surface area contributed by atoms with E-state index in [1.807, 2.05) is 91.9 Å². The maximum absolute atomic E-state index is 13.4. The molecular weight excluding hydrogens is 438 g/mol. The Labute approximate surface area is 203 Å². The summed E-state index contributed by atoms with van der Waals surface area (Å²) in [4.78, 5) is 28.3. The predicted molar refractivity (Wildman–Crippen MR) is 136 cm³/mol.